The second-order valence-electron chi connectivity index (χ2n) is 11.2. The topological polar surface area (TPSA) is 90.5 Å². The molecule has 8 rings (SSSR count). The van der Waals surface area contributed by atoms with Crippen molar-refractivity contribution in [2.24, 2.45) is 0 Å². The number of benzene rings is 5. The summed E-state index contributed by atoms with van der Waals surface area (Å²) in [4.78, 5) is 30.0. The maximum atomic E-state index is 6.53. The Morgan fingerprint density at radius 2 is 0.837 bits per heavy atom. The van der Waals surface area contributed by atoms with E-state index >= 15 is 0 Å². The van der Waals surface area contributed by atoms with Gasteiger partial charge in [0.1, 0.15) is 11.3 Å². The zero-order valence-corrected chi connectivity index (χ0v) is 26.3. The van der Waals surface area contributed by atoms with E-state index in [2.05, 4.69) is 6.58 Å². The van der Waals surface area contributed by atoms with Gasteiger partial charge in [-0.2, -0.15) is 0 Å². The van der Waals surface area contributed by atoms with Crippen molar-refractivity contribution in [2.75, 3.05) is 0 Å². The molecule has 7 heteroatoms. The average Bonchev–Trinajstić information content (AvgIpc) is 3.57. The number of aromatic nitrogens is 6. The molecule has 0 amide bonds. The molecule has 0 radical (unpaired) electrons. The van der Waals surface area contributed by atoms with E-state index in [-0.39, 0.29) is 0 Å². The first kappa shape index (κ1) is 29.5. The molecule has 0 aliphatic carbocycles. The molecule has 0 fully saturated rings. The highest BCUT2D eigenvalue weighted by Gasteiger charge is 2.24. The summed E-state index contributed by atoms with van der Waals surface area (Å²) in [6.45, 7) is 3.89. The first-order valence-electron chi connectivity index (χ1n) is 15.8. The van der Waals surface area contributed by atoms with Gasteiger partial charge in [0, 0.05) is 33.2 Å². The van der Waals surface area contributed by atoms with Crippen molar-refractivity contribution in [2.45, 2.75) is 0 Å². The molecule has 3 aromatic heterocycles. The van der Waals surface area contributed by atoms with Crippen molar-refractivity contribution in [3.05, 3.63) is 164 Å². The molecular formula is C42H28N6O. The molecule has 0 unspecified atom stereocenters. The third kappa shape index (κ3) is 5.92. The van der Waals surface area contributed by atoms with Gasteiger partial charge in [-0.05, 0) is 12.1 Å². The van der Waals surface area contributed by atoms with Crippen LogP contribution in [0.3, 0.4) is 0 Å². The maximum absolute atomic E-state index is 6.53. The summed E-state index contributed by atoms with van der Waals surface area (Å²) >= 11 is 0. The van der Waals surface area contributed by atoms with Gasteiger partial charge in [0.25, 0.3) is 0 Å². The Morgan fingerprint density at radius 3 is 1.27 bits per heavy atom. The lowest BCUT2D eigenvalue weighted by Crippen LogP contribution is -2.02. The number of nitrogens with zero attached hydrogens (tertiary/aromatic N) is 6. The lowest BCUT2D eigenvalue weighted by atomic mass is 10.0. The van der Waals surface area contributed by atoms with Crippen LogP contribution in [0.4, 0.5) is 0 Å². The molecule has 5 aromatic carbocycles. The summed E-state index contributed by atoms with van der Waals surface area (Å²) in [5.41, 5.74) is 5.61. The molecule has 49 heavy (non-hydrogen) atoms. The molecule has 0 aliphatic rings. The van der Waals surface area contributed by atoms with Crippen LogP contribution in [0.2, 0.25) is 0 Å². The van der Waals surface area contributed by atoms with Crippen molar-refractivity contribution in [1.29, 1.82) is 0 Å². The zero-order chi connectivity index (χ0) is 33.0. The highest BCUT2D eigenvalue weighted by Crippen LogP contribution is 2.41. The van der Waals surface area contributed by atoms with Crippen molar-refractivity contribution < 1.29 is 4.42 Å². The van der Waals surface area contributed by atoms with E-state index in [0.717, 1.165) is 33.2 Å². The molecule has 7 nitrogen and oxygen atoms in total. The lowest BCUT2D eigenvalue weighted by molar-refractivity contribution is 0.605. The van der Waals surface area contributed by atoms with E-state index in [1.807, 2.05) is 152 Å². The molecule has 232 valence electrons. The maximum Gasteiger partial charge on any atom is 0.168 e. The van der Waals surface area contributed by atoms with E-state index in [0.29, 0.717) is 51.9 Å². The predicted molar refractivity (Wildman–Crippen MR) is 195 cm³/mol. The quantitative estimate of drug-likeness (QED) is 0.154. The van der Waals surface area contributed by atoms with Gasteiger partial charge in [-0.25, -0.2) is 29.9 Å². The first-order valence-corrected chi connectivity index (χ1v) is 15.8. The van der Waals surface area contributed by atoms with Crippen LogP contribution >= 0.6 is 0 Å². The van der Waals surface area contributed by atoms with E-state index in [1.54, 1.807) is 6.08 Å². The van der Waals surface area contributed by atoms with Crippen LogP contribution in [0.15, 0.2) is 163 Å². The predicted octanol–water partition coefficient (Wildman–Crippen LogP) is 10.0. The van der Waals surface area contributed by atoms with Crippen LogP contribution in [0, 0.1) is 0 Å². The van der Waals surface area contributed by atoms with Crippen LogP contribution in [0.25, 0.3) is 85.4 Å². The number of hydrogen-bond acceptors (Lipinski definition) is 7. The van der Waals surface area contributed by atoms with Gasteiger partial charge in [-0.1, -0.05) is 152 Å². The Labute approximate surface area is 283 Å². The standard InChI is InChI=1S/C42H28N6O/c1-2-3-26-34-36(42-47-39(30-21-12-6-13-22-30)44-40(48-42)31-23-14-7-15-24-31)35-32(25-16-27-33(35)49-34)41-45-37(28-17-8-4-9-18-28)43-38(46-41)29-19-10-5-11-20-29/h2-27H,1H2/b26-3-. The molecular weight excluding hydrogens is 605 g/mol. The van der Waals surface area contributed by atoms with E-state index < -0.39 is 0 Å². The Kier molecular flexibility index (Phi) is 7.89. The fourth-order valence-corrected chi connectivity index (χ4v) is 5.70. The fourth-order valence-electron chi connectivity index (χ4n) is 5.70. The number of rotatable bonds is 8. The molecule has 8 aromatic rings. The fraction of sp³-hybridized carbons (Fsp3) is 0. The second-order valence-corrected chi connectivity index (χ2v) is 11.2. The van der Waals surface area contributed by atoms with E-state index in [1.165, 1.54) is 0 Å². The SMILES string of the molecule is C=C/C=C\c1oc2cccc(-c3nc(-c4ccccc4)nc(-c4ccccc4)n3)c2c1-c1nc(-c2ccccc2)nc(-c2ccccc2)n1. The number of fused-ring (bicyclic) bond motifs is 1. The Balaban J connectivity index is 1.42. The highest BCUT2D eigenvalue weighted by molar-refractivity contribution is 6.05. The minimum Gasteiger partial charge on any atom is -0.456 e. The summed E-state index contributed by atoms with van der Waals surface area (Å²) < 4.78 is 6.53. The molecule has 0 saturated heterocycles. The van der Waals surface area contributed by atoms with Crippen molar-refractivity contribution in [1.82, 2.24) is 29.9 Å². The van der Waals surface area contributed by atoms with Gasteiger partial charge in [0.2, 0.25) is 0 Å². The van der Waals surface area contributed by atoms with Crippen molar-refractivity contribution >= 4 is 17.0 Å². The van der Waals surface area contributed by atoms with E-state index in [4.69, 9.17) is 34.3 Å². The smallest absolute Gasteiger partial charge is 0.168 e. The van der Waals surface area contributed by atoms with Gasteiger partial charge >= 0.3 is 0 Å². The summed E-state index contributed by atoms with van der Waals surface area (Å²) in [7, 11) is 0. The van der Waals surface area contributed by atoms with Crippen LogP contribution in [-0.2, 0) is 0 Å². The van der Waals surface area contributed by atoms with Gasteiger partial charge < -0.3 is 4.42 Å². The highest BCUT2D eigenvalue weighted by atomic mass is 16.3. The van der Waals surface area contributed by atoms with Gasteiger partial charge in [-0.15, -0.1) is 0 Å². The van der Waals surface area contributed by atoms with Crippen LogP contribution < -0.4 is 0 Å². The third-order valence-corrected chi connectivity index (χ3v) is 7.99. The Bertz CT molecular complexity index is 2330. The first-order chi connectivity index (χ1) is 24.2. The monoisotopic (exact) mass is 632 g/mol. The van der Waals surface area contributed by atoms with Crippen molar-refractivity contribution in [3.8, 4) is 68.3 Å². The molecule has 3 heterocycles. The molecule has 0 aliphatic heterocycles. The van der Waals surface area contributed by atoms with Gasteiger partial charge in [0.05, 0.1) is 5.56 Å². The minimum atomic E-state index is 0.461. The molecule has 0 saturated carbocycles. The largest absolute Gasteiger partial charge is 0.456 e. The number of hydrogen-bond donors (Lipinski definition) is 0. The molecule has 0 atom stereocenters. The lowest BCUT2D eigenvalue weighted by Gasteiger charge is -2.11. The Morgan fingerprint density at radius 1 is 0.429 bits per heavy atom. The molecule has 0 spiro atoms. The molecule has 0 N–H and O–H groups in total. The van der Waals surface area contributed by atoms with Crippen molar-refractivity contribution in [3.63, 3.8) is 0 Å². The summed E-state index contributed by atoms with van der Waals surface area (Å²) in [5, 5.41) is 0.777. The van der Waals surface area contributed by atoms with E-state index in [9.17, 15) is 0 Å². The zero-order valence-electron chi connectivity index (χ0n) is 26.3. The Hall–Kier alpha value is -6.86. The van der Waals surface area contributed by atoms with Gasteiger partial charge in [0.15, 0.2) is 34.9 Å². The van der Waals surface area contributed by atoms with Crippen LogP contribution in [-0.4, -0.2) is 29.9 Å². The third-order valence-electron chi connectivity index (χ3n) is 7.99. The normalized spacial score (nSPS) is 11.3. The average molecular weight is 633 g/mol. The minimum absolute atomic E-state index is 0.461. The van der Waals surface area contributed by atoms with Crippen LogP contribution in [0.5, 0.6) is 0 Å². The second kappa shape index (κ2) is 13.1. The summed E-state index contributed by atoms with van der Waals surface area (Å²) in [6, 6.07) is 45.5. The van der Waals surface area contributed by atoms with Crippen LogP contribution in [0.1, 0.15) is 5.76 Å². The number of allylic oxidation sites excluding steroid dienone is 2. The molecule has 0 bridgehead atoms. The summed E-state index contributed by atoms with van der Waals surface area (Å²) in [5.74, 6) is 3.77. The van der Waals surface area contributed by atoms with Gasteiger partial charge in [-0.3, -0.25) is 0 Å². The number of furan rings is 1. The summed E-state index contributed by atoms with van der Waals surface area (Å²) in [6.07, 6.45) is 5.42.